The van der Waals surface area contributed by atoms with E-state index in [0.29, 0.717) is 4.90 Å². The number of hydrogen-bond acceptors (Lipinski definition) is 4. The summed E-state index contributed by atoms with van der Waals surface area (Å²) < 4.78 is 73.1. The van der Waals surface area contributed by atoms with Gasteiger partial charge in [-0.1, -0.05) is 0 Å². The minimum absolute atomic E-state index is 0.171. The first-order valence-corrected chi connectivity index (χ1v) is 7.51. The quantitative estimate of drug-likeness (QED) is 0.745. The van der Waals surface area contributed by atoms with E-state index in [9.17, 15) is 31.5 Å². The van der Waals surface area contributed by atoms with Gasteiger partial charge in [-0.2, -0.15) is 22.0 Å². The molecule has 0 aliphatic carbocycles. The van der Waals surface area contributed by atoms with E-state index in [4.69, 9.17) is 9.84 Å². The standard InChI is InChI=1S/C15H15F5N2O5/c1-26-7-2-3-11(27-13(16)17)10(4-7)21-14(25)22-5-8(12(23)24)9(6-22)15(18,19)20/h2-4,8-9,13H,5-6H2,1H3,(H,21,25)(H,23,24)/t8-,9-/m1/s1. The lowest BCUT2D eigenvalue weighted by Gasteiger charge is -2.20. The third-order valence-corrected chi connectivity index (χ3v) is 3.99. The Kier molecular flexibility index (Phi) is 5.96. The molecule has 1 heterocycles. The monoisotopic (exact) mass is 398 g/mol. The minimum atomic E-state index is -4.81. The van der Waals surface area contributed by atoms with Crippen LogP contribution in [0.2, 0.25) is 0 Å². The molecule has 7 nitrogen and oxygen atoms in total. The second-order valence-electron chi connectivity index (χ2n) is 5.67. The molecule has 0 radical (unpaired) electrons. The summed E-state index contributed by atoms with van der Waals surface area (Å²) in [5.74, 6) is -6.00. The normalized spacial score (nSPS) is 19.9. The van der Waals surface area contributed by atoms with Crippen molar-refractivity contribution in [1.29, 1.82) is 0 Å². The largest absolute Gasteiger partial charge is 0.497 e. The maximum Gasteiger partial charge on any atom is 0.394 e. The van der Waals surface area contributed by atoms with Gasteiger partial charge in [0, 0.05) is 19.2 Å². The third kappa shape index (κ3) is 4.89. The summed E-state index contributed by atoms with van der Waals surface area (Å²) in [4.78, 5) is 24.0. The topological polar surface area (TPSA) is 88.1 Å². The number of likely N-dealkylation sites (tertiary alicyclic amines) is 1. The number of benzene rings is 1. The summed E-state index contributed by atoms with van der Waals surface area (Å²) in [6.07, 6.45) is -4.81. The van der Waals surface area contributed by atoms with Gasteiger partial charge in [-0.05, 0) is 12.1 Å². The Labute approximate surface area is 149 Å². The Morgan fingerprint density at radius 1 is 1.30 bits per heavy atom. The zero-order valence-electron chi connectivity index (χ0n) is 13.8. The number of urea groups is 1. The highest BCUT2D eigenvalue weighted by atomic mass is 19.4. The number of carboxylic acid groups (broad SMARTS) is 1. The number of carbonyl (C=O) groups excluding carboxylic acids is 1. The summed E-state index contributed by atoms with van der Waals surface area (Å²) in [5, 5.41) is 11.1. The summed E-state index contributed by atoms with van der Waals surface area (Å²) in [6, 6.07) is 2.43. The first kappa shape index (κ1) is 20.5. The SMILES string of the molecule is COc1ccc(OC(F)F)c(NC(=O)N2C[C@@H](C(F)(F)F)[C@H](C(=O)O)C2)c1. The summed E-state index contributed by atoms with van der Waals surface area (Å²) in [6.45, 7) is -4.76. The molecule has 2 atom stereocenters. The summed E-state index contributed by atoms with van der Waals surface area (Å²) in [5.41, 5.74) is -0.262. The number of halogens is 5. The number of rotatable bonds is 5. The zero-order chi connectivity index (χ0) is 20.4. The van der Waals surface area contributed by atoms with E-state index in [1.165, 1.54) is 13.2 Å². The number of carbonyl (C=O) groups is 2. The van der Waals surface area contributed by atoms with Crippen LogP contribution in [0.15, 0.2) is 18.2 Å². The lowest BCUT2D eigenvalue weighted by atomic mass is 9.96. The fourth-order valence-electron chi connectivity index (χ4n) is 2.68. The van der Waals surface area contributed by atoms with E-state index < -0.39 is 55.5 Å². The summed E-state index contributed by atoms with van der Waals surface area (Å²) >= 11 is 0. The third-order valence-electron chi connectivity index (χ3n) is 3.99. The van der Waals surface area contributed by atoms with Crippen LogP contribution in [0.3, 0.4) is 0 Å². The fraction of sp³-hybridized carbons (Fsp3) is 0.467. The molecular weight excluding hydrogens is 383 g/mol. The average Bonchev–Trinajstić information content (AvgIpc) is 3.02. The molecule has 0 saturated carbocycles. The van der Waals surface area contributed by atoms with Gasteiger partial charge in [-0.15, -0.1) is 0 Å². The highest BCUT2D eigenvalue weighted by Crippen LogP contribution is 2.38. The molecule has 27 heavy (non-hydrogen) atoms. The fourth-order valence-corrected chi connectivity index (χ4v) is 2.68. The van der Waals surface area contributed by atoms with E-state index in [-0.39, 0.29) is 11.4 Å². The Hall–Kier alpha value is -2.79. The van der Waals surface area contributed by atoms with Crippen molar-refractivity contribution in [2.45, 2.75) is 12.8 Å². The van der Waals surface area contributed by atoms with Gasteiger partial charge >= 0.3 is 24.8 Å². The Morgan fingerprint density at radius 2 is 1.96 bits per heavy atom. The van der Waals surface area contributed by atoms with Gasteiger partial charge < -0.3 is 24.8 Å². The Balaban J connectivity index is 2.21. The molecule has 0 aromatic heterocycles. The lowest BCUT2D eigenvalue weighted by Crippen LogP contribution is -2.35. The second-order valence-corrected chi connectivity index (χ2v) is 5.67. The Morgan fingerprint density at radius 3 is 2.44 bits per heavy atom. The number of alkyl halides is 5. The van der Waals surface area contributed by atoms with E-state index >= 15 is 0 Å². The molecule has 1 saturated heterocycles. The van der Waals surface area contributed by atoms with Crippen LogP contribution >= 0.6 is 0 Å². The molecule has 2 N–H and O–H groups in total. The number of nitrogens with one attached hydrogen (secondary N) is 1. The van der Waals surface area contributed by atoms with Crippen LogP contribution in [0.5, 0.6) is 11.5 Å². The van der Waals surface area contributed by atoms with Gasteiger partial charge in [-0.25, -0.2) is 4.79 Å². The smallest absolute Gasteiger partial charge is 0.394 e. The number of hydrogen-bond donors (Lipinski definition) is 2. The average molecular weight is 398 g/mol. The lowest BCUT2D eigenvalue weighted by molar-refractivity contribution is -0.187. The van der Waals surface area contributed by atoms with Gasteiger partial charge in [0.1, 0.15) is 11.5 Å². The number of nitrogens with zero attached hydrogens (tertiary/aromatic N) is 1. The van der Waals surface area contributed by atoms with Crippen LogP contribution in [0, 0.1) is 11.8 Å². The first-order chi connectivity index (χ1) is 12.5. The molecule has 1 aliphatic heterocycles. The maximum atomic E-state index is 13.0. The van der Waals surface area contributed by atoms with Crippen LogP contribution < -0.4 is 14.8 Å². The van der Waals surface area contributed by atoms with Gasteiger partial charge in [0.05, 0.1) is 24.6 Å². The molecule has 2 rings (SSSR count). The Bertz CT molecular complexity index is 712. The van der Waals surface area contributed by atoms with E-state index in [0.717, 1.165) is 12.1 Å². The molecule has 1 aromatic rings. The molecule has 1 aromatic carbocycles. The van der Waals surface area contributed by atoms with Crippen molar-refractivity contribution in [2.24, 2.45) is 11.8 Å². The van der Waals surface area contributed by atoms with Crippen molar-refractivity contribution < 1.29 is 46.1 Å². The van der Waals surface area contributed by atoms with Crippen molar-refractivity contribution in [3.05, 3.63) is 18.2 Å². The number of carboxylic acids is 1. The van der Waals surface area contributed by atoms with Gasteiger partial charge in [0.15, 0.2) is 0 Å². The highest BCUT2D eigenvalue weighted by molar-refractivity contribution is 5.92. The predicted molar refractivity (Wildman–Crippen MR) is 80.9 cm³/mol. The predicted octanol–water partition coefficient (Wildman–Crippen LogP) is 3.02. The molecule has 0 unspecified atom stereocenters. The number of aliphatic carboxylic acids is 1. The second kappa shape index (κ2) is 7.84. The molecular formula is C15H15F5N2O5. The van der Waals surface area contributed by atoms with Crippen LogP contribution in [-0.4, -0.2) is 55.0 Å². The number of anilines is 1. The van der Waals surface area contributed by atoms with Gasteiger partial charge in [0.25, 0.3) is 0 Å². The minimum Gasteiger partial charge on any atom is -0.497 e. The highest BCUT2D eigenvalue weighted by Gasteiger charge is 2.53. The van der Waals surface area contributed by atoms with E-state index in [1.54, 1.807) is 0 Å². The molecule has 150 valence electrons. The molecule has 2 amide bonds. The van der Waals surface area contributed by atoms with Crippen LogP contribution in [-0.2, 0) is 4.79 Å². The molecule has 0 bridgehead atoms. The first-order valence-electron chi connectivity index (χ1n) is 7.51. The molecule has 0 spiro atoms. The van der Waals surface area contributed by atoms with Crippen molar-refractivity contribution in [1.82, 2.24) is 4.90 Å². The van der Waals surface area contributed by atoms with Crippen LogP contribution in [0.1, 0.15) is 0 Å². The maximum absolute atomic E-state index is 13.0. The van der Waals surface area contributed by atoms with E-state index in [1.807, 2.05) is 0 Å². The molecule has 1 aliphatic rings. The van der Waals surface area contributed by atoms with Gasteiger partial charge in [-0.3, -0.25) is 4.79 Å². The van der Waals surface area contributed by atoms with E-state index in [2.05, 4.69) is 10.1 Å². The molecule has 12 heteroatoms. The van der Waals surface area contributed by atoms with Gasteiger partial charge in [0.2, 0.25) is 0 Å². The number of amides is 2. The number of ether oxygens (including phenoxy) is 2. The van der Waals surface area contributed by atoms with Crippen molar-refractivity contribution >= 4 is 17.7 Å². The molecule has 1 fully saturated rings. The van der Waals surface area contributed by atoms with Crippen molar-refractivity contribution in [2.75, 3.05) is 25.5 Å². The van der Waals surface area contributed by atoms with Crippen molar-refractivity contribution in [3.63, 3.8) is 0 Å². The van der Waals surface area contributed by atoms with Crippen LogP contribution in [0.4, 0.5) is 32.4 Å². The van der Waals surface area contributed by atoms with Crippen LogP contribution in [0.25, 0.3) is 0 Å². The number of methoxy groups -OCH3 is 1. The van der Waals surface area contributed by atoms with Crippen molar-refractivity contribution in [3.8, 4) is 11.5 Å². The zero-order valence-corrected chi connectivity index (χ0v) is 13.8. The summed E-state index contributed by atoms with van der Waals surface area (Å²) in [7, 11) is 1.28.